The number of aryl methyl sites for hydroxylation is 1. The molecule has 0 radical (unpaired) electrons. The summed E-state index contributed by atoms with van der Waals surface area (Å²) >= 11 is 0. The molecule has 1 aliphatic heterocycles. The second-order valence-corrected chi connectivity index (χ2v) is 11.5. The van der Waals surface area contributed by atoms with Crippen molar-refractivity contribution in [2.24, 2.45) is 7.05 Å². The Morgan fingerprint density at radius 2 is 1.94 bits per heavy atom. The molecule has 1 saturated heterocycles. The lowest BCUT2D eigenvalue weighted by molar-refractivity contribution is 0.0949. The van der Waals surface area contributed by atoms with Crippen LogP contribution >= 0.6 is 0 Å². The van der Waals surface area contributed by atoms with Gasteiger partial charge in [-0.25, -0.2) is 17.7 Å². The molecule has 0 spiro atoms. The predicted octanol–water partition coefficient (Wildman–Crippen LogP) is 1.68. The Kier molecular flexibility index (Phi) is 6.02. The Balaban J connectivity index is 1.36. The zero-order valence-corrected chi connectivity index (χ0v) is 20.5. The molecular formula is C25H25N5O5S. The molecule has 0 bridgehead atoms. The topological polar surface area (TPSA) is 134 Å². The minimum absolute atomic E-state index is 0.0326. The zero-order chi connectivity index (χ0) is 25.5. The van der Waals surface area contributed by atoms with Gasteiger partial charge >= 0.3 is 0 Å². The van der Waals surface area contributed by atoms with Crippen LogP contribution in [0.5, 0.6) is 5.88 Å². The SMILES string of the molecule is Cn1c(=O)c(C(=O)NCc2ccc(C#N)cc2)cc2ccnc(OCC3(S(=O)(=O)N4CCC4)CC3)c21. The number of carbonyl (C=O) groups is 1. The number of amides is 1. The molecule has 1 aliphatic carbocycles. The molecule has 0 unspecified atom stereocenters. The third-order valence-electron chi connectivity index (χ3n) is 6.85. The van der Waals surface area contributed by atoms with Crippen LogP contribution in [0.4, 0.5) is 0 Å². The number of hydrogen-bond acceptors (Lipinski definition) is 7. The molecule has 0 atom stereocenters. The summed E-state index contributed by atoms with van der Waals surface area (Å²) in [6.07, 6.45) is 3.43. The monoisotopic (exact) mass is 507 g/mol. The fourth-order valence-corrected chi connectivity index (χ4v) is 6.37. The van der Waals surface area contributed by atoms with Crippen LogP contribution in [0.15, 0.2) is 47.4 Å². The van der Waals surface area contributed by atoms with Gasteiger partial charge in [0.25, 0.3) is 11.5 Å². The van der Waals surface area contributed by atoms with Gasteiger partial charge in [0, 0.05) is 38.3 Å². The number of hydrogen-bond donors (Lipinski definition) is 1. The van der Waals surface area contributed by atoms with Crippen LogP contribution in [0.2, 0.25) is 0 Å². The van der Waals surface area contributed by atoms with Crippen molar-refractivity contribution in [1.29, 1.82) is 5.26 Å². The third-order valence-corrected chi connectivity index (χ3v) is 9.52. The van der Waals surface area contributed by atoms with E-state index in [2.05, 4.69) is 10.3 Å². The van der Waals surface area contributed by atoms with Gasteiger partial charge in [-0.05, 0) is 49.1 Å². The molecule has 11 heteroatoms. The fourth-order valence-electron chi connectivity index (χ4n) is 4.26. The molecule has 5 rings (SSSR count). The Bertz CT molecular complexity index is 1550. The Labute approximate surface area is 208 Å². The van der Waals surface area contributed by atoms with Crippen LogP contribution in [0.25, 0.3) is 10.9 Å². The van der Waals surface area contributed by atoms with Crippen LogP contribution in [0.3, 0.4) is 0 Å². The molecule has 10 nitrogen and oxygen atoms in total. The van der Waals surface area contributed by atoms with E-state index >= 15 is 0 Å². The smallest absolute Gasteiger partial charge is 0.263 e. The summed E-state index contributed by atoms with van der Waals surface area (Å²) in [5.41, 5.74) is 1.15. The fraction of sp³-hybridized carbons (Fsp3) is 0.360. The molecule has 1 saturated carbocycles. The van der Waals surface area contributed by atoms with E-state index in [1.807, 2.05) is 6.07 Å². The molecule has 2 aliphatic rings. The lowest BCUT2D eigenvalue weighted by atomic mass is 10.1. The van der Waals surface area contributed by atoms with Gasteiger partial charge in [-0.15, -0.1) is 0 Å². The summed E-state index contributed by atoms with van der Waals surface area (Å²) in [4.78, 5) is 30.1. The third kappa shape index (κ3) is 4.12. The maximum atomic E-state index is 13.1. The quantitative estimate of drug-likeness (QED) is 0.490. The van der Waals surface area contributed by atoms with E-state index in [1.165, 1.54) is 28.2 Å². The Morgan fingerprint density at radius 3 is 2.56 bits per heavy atom. The number of nitrogens with zero attached hydrogens (tertiary/aromatic N) is 4. The molecule has 186 valence electrons. The highest BCUT2D eigenvalue weighted by Crippen LogP contribution is 2.46. The molecule has 2 fully saturated rings. The average Bonchev–Trinajstić information content (AvgIpc) is 3.64. The van der Waals surface area contributed by atoms with E-state index in [-0.39, 0.29) is 24.6 Å². The zero-order valence-electron chi connectivity index (χ0n) is 19.7. The normalized spacial score (nSPS) is 16.7. The first-order valence-electron chi connectivity index (χ1n) is 11.6. The van der Waals surface area contributed by atoms with Gasteiger partial charge in [-0.2, -0.15) is 5.26 Å². The van der Waals surface area contributed by atoms with E-state index in [0.717, 1.165) is 12.0 Å². The number of aromatic nitrogens is 2. The van der Waals surface area contributed by atoms with E-state index in [9.17, 15) is 18.0 Å². The molecule has 1 N–H and O–H groups in total. The predicted molar refractivity (Wildman–Crippen MR) is 132 cm³/mol. The number of ether oxygens (including phenoxy) is 1. The Morgan fingerprint density at radius 1 is 1.22 bits per heavy atom. The van der Waals surface area contributed by atoms with Crippen molar-refractivity contribution in [3.63, 3.8) is 0 Å². The molecular weight excluding hydrogens is 482 g/mol. The highest BCUT2D eigenvalue weighted by Gasteiger charge is 2.58. The second kappa shape index (κ2) is 9.04. The second-order valence-electron chi connectivity index (χ2n) is 9.20. The van der Waals surface area contributed by atoms with Crippen molar-refractivity contribution in [3.8, 4) is 11.9 Å². The molecule has 3 heterocycles. The number of rotatable bonds is 8. The van der Waals surface area contributed by atoms with E-state index in [1.54, 1.807) is 30.3 Å². The number of carbonyl (C=O) groups excluding carboxylic acids is 1. The van der Waals surface area contributed by atoms with Gasteiger partial charge < -0.3 is 14.6 Å². The van der Waals surface area contributed by atoms with Gasteiger partial charge in [0.05, 0.1) is 11.6 Å². The van der Waals surface area contributed by atoms with Crippen LogP contribution in [-0.4, -0.2) is 52.6 Å². The number of nitriles is 1. The van der Waals surface area contributed by atoms with Gasteiger partial charge in [-0.1, -0.05) is 12.1 Å². The van der Waals surface area contributed by atoms with E-state index in [0.29, 0.717) is 42.4 Å². The van der Waals surface area contributed by atoms with Crippen LogP contribution in [0, 0.1) is 11.3 Å². The summed E-state index contributed by atoms with van der Waals surface area (Å²) in [5.74, 6) is -0.375. The number of nitrogens with one attached hydrogen (secondary N) is 1. The number of pyridine rings is 2. The largest absolute Gasteiger partial charge is 0.474 e. The van der Waals surface area contributed by atoms with Crippen molar-refractivity contribution in [1.82, 2.24) is 19.2 Å². The summed E-state index contributed by atoms with van der Waals surface area (Å²) in [6, 6.07) is 12.0. The maximum Gasteiger partial charge on any atom is 0.263 e. The first kappa shape index (κ1) is 24.0. The highest BCUT2D eigenvalue weighted by atomic mass is 32.2. The van der Waals surface area contributed by atoms with Crippen molar-refractivity contribution >= 4 is 26.8 Å². The molecule has 3 aromatic rings. The van der Waals surface area contributed by atoms with Crippen LogP contribution in [0.1, 0.15) is 40.7 Å². The van der Waals surface area contributed by atoms with E-state index in [4.69, 9.17) is 10.00 Å². The van der Waals surface area contributed by atoms with Crippen LogP contribution in [-0.2, 0) is 23.6 Å². The first-order valence-corrected chi connectivity index (χ1v) is 13.1. The van der Waals surface area contributed by atoms with Gasteiger partial charge in [0.1, 0.15) is 22.4 Å². The lowest BCUT2D eigenvalue weighted by Crippen LogP contribution is -2.49. The van der Waals surface area contributed by atoms with E-state index < -0.39 is 26.2 Å². The van der Waals surface area contributed by atoms with Crippen LogP contribution < -0.4 is 15.6 Å². The van der Waals surface area contributed by atoms with Crippen molar-refractivity contribution < 1.29 is 17.9 Å². The van der Waals surface area contributed by atoms with Gasteiger partial charge in [-0.3, -0.25) is 9.59 Å². The van der Waals surface area contributed by atoms with Gasteiger partial charge in [0.2, 0.25) is 15.9 Å². The minimum Gasteiger partial charge on any atom is -0.474 e. The number of fused-ring (bicyclic) bond motifs is 1. The Hall–Kier alpha value is -3.75. The minimum atomic E-state index is -3.44. The molecule has 1 aromatic carbocycles. The highest BCUT2D eigenvalue weighted by molar-refractivity contribution is 7.90. The first-order chi connectivity index (χ1) is 17.3. The molecule has 1 amide bonds. The number of sulfonamides is 1. The lowest BCUT2D eigenvalue weighted by Gasteiger charge is -2.33. The summed E-state index contributed by atoms with van der Waals surface area (Å²) in [5, 5.41) is 12.2. The molecule has 36 heavy (non-hydrogen) atoms. The molecule has 2 aromatic heterocycles. The standard InChI is InChI=1S/C25H25N5O5S/c1-29-21-19(13-20(24(29)32)22(31)28-15-18-5-3-17(14-26)4-6-18)7-10-27-23(21)35-16-25(8-9-25)36(33,34)30-11-2-12-30/h3-7,10,13H,2,8-9,11-12,15-16H2,1H3,(H,28,31). The van der Waals surface area contributed by atoms with Gasteiger partial charge in [0.15, 0.2) is 0 Å². The average molecular weight is 508 g/mol. The summed E-state index contributed by atoms with van der Waals surface area (Å²) in [7, 11) is -1.91. The van der Waals surface area contributed by atoms with Crippen molar-refractivity contribution in [2.75, 3.05) is 19.7 Å². The van der Waals surface area contributed by atoms with Crippen molar-refractivity contribution in [2.45, 2.75) is 30.6 Å². The number of benzene rings is 1. The summed E-state index contributed by atoms with van der Waals surface area (Å²) in [6.45, 7) is 1.24. The van der Waals surface area contributed by atoms with Crippen molar-refractivity contribution in [3.05, 3.63) is 69.6 Å². The summed E-state index contributed by atoms with van der Waals surface area (Å²) < 4.78 is 33.6. The maximum absolute atomic E-state index is 13.1.